The van der Waals surface area contributed by atoms with Gasteiger partial charge in [-0.1, -0.05) is 44.2 Å². The van der Waals surface area contributed by atoms with Gasteiger partial charge in [0.2, 0.25) is 0 Å². The molecule has 0 N–H and O–H groups in total. The van der Waals surface area contributed by atoms with Crippen LogP contribution in [0.4, 0.5) is 0 Å². The van der Waals surface area contributed by atoms with Crippen LogP contribution >= 0.6 is 0 Å². The van der Waals surface area contributed by atoms with Crippen molar-refractivity contribution in [2.24, 2.45) is 0 Å². The van der Waals surface area contributed by atoms with E-state index in [9.17, 15) is 9.59 Å². The largest absolute Gasteiger partial charge is 0.488 e. The molecule has 0 bridgehead atoms. The molecule has 0 spiro atoms. The molecule has 0 amide bonds. The van der Waals surface area contributed by atoms with Gasteiger partial charge in [-0.05, 0) is 30.8 Å². The van der Waals surface area contributed by atoms with Crippen molar-refractivity contribution < 1.29 is 19.1 Å². The molecular formula is C22H25NO4. The van der Waals surface area contributed by atoms with E-state index in [0.717, 1.165) is 30.8 Å². The molecule has 0 fully saturated rings. The van der Waals surface area contributed by atoms with Crippen molar-refractivity contribution in [1.82, 2.24) is 4.90 Å². The van der Waals surface area contributed by atoms with Gasteiger partial charge in [-0.3, -0.25) is 9.59 Å². The summed E-state index contributed by atoms with van der Waals surface area (Å²) in [6.45, 7) is 7.50. The number of ether oxygens (including phenoxy) is 2. The number of hydrogen-bond acceptors (Lipinski definition) is 5. The molecule has 2 aromatic rings. The summed E-state index contributed by atoms with van der Waals surface area (Å²) in [7, 11) is 0. The Labute approximate surface area is 159 Å². The summed E-state index contributed by atoms with van der Waals surface area (Å²) in [6, 6.07) is 12.8. The zero-order chi connectivity index (χ0) is 19.2. The molecule has 5 heteroatoms. The van der Waals surface area contributed by atoms with Gasteiger partial charge in [0.25, 0.3) is 0 Å². The smallest absolute Gasteiger partial charge is 0.310 e. The summed E-state index contributed by atoms with van der Waals surface area (Å²) in [5.41, 5.74) is 2.84. The van der Waals surface area contributed by atoms with Crippen LogP contribution in [0.15, 0.2) is 42.5 Å². The van der Waals surface area contributed by atoms with Crippen molar-refractivity contribution in [3.05, 3.63) is 64.7 Å². The molecule has 5 nitrogen and oxygen atoms in total. The SMILES string of the molecule is CCN(CC)CCOC(=O)Cc1ccc2c(c1)OCc1ccccc1C2=O. The third kappa shape index (κ3) is 4.55. The summed E-state index contributed by atoms with van der Waals surface area (Å²) in [5.74, 6) is 0.196. The predicted molar refractivity (Wildman–Crippen MR) is 103 cm³/mol. The van der Waals surface area contributed by atoms with E-state index < -0.39 is 0 Å². The molecule has 0 aromatic heterocycles. The van der Waals surface area contributed by atoms with E-state index in [4.69, 9.17) is 9.47 Å². The number of fused-ring (bicyclic) bond motifs is 2. The summed E-state index contributed by atoms with van der Waals surface area (Å²) < 4.78 is 11.2. The van der Waals surface area contributed by atoms with Crippen LogP contribution < -0.4 is 4.74 Å². The number of carbonyl (C=O) groups is 2. The Kier molecular flexibility index (Phi) is 6.24. The Hall–Kier alpha value is -2.66. The molecule has 0 saturated carbocycles. The second-order valence-electron chi connectivity index (χ2n) is 6.53. The van der Waals surface area contributed by atoms with Crippen LogP contribution in [0.25, 0.3) is 0 Å². The summed E-state index contributed by atoms with van der Waals surface area (Å²) >= 11 is 0. The first kappa shape index (κ1) is 19.1. The summed E-state index contributed by atoms with van der Waals surface area (Å²) in [5, 5.41) is 0. The van der Waals surface area contributed by atoms with Crippen LogP contribution in [0.1, 0.15) is 40.9 Å². The van der Waals surface area contributed by atoms with Crippen LogP contribution in [0.5, 0.6) is 5.75 Å². The van der Waals surface area contributed by atoms with Crippen molar-refractivity contribution in [2.45, 2.75) is 26.9 Å². The number of carbonyl (C=O) groups excluding carboxylic acids is 2. The zero-order valence-electron chi connectivity index (χ0n) is 15.9. The quantitative estimate of drug-likeness (QED) is 0.703. The van der Waals surface area contributed by atoms with E-state index in [1.54, 1.807) is 18.2 Å². The Balaban J connectivity index is 1.65. The highest BCUT2D eigenvalue weighted by Crippen LogP contribution is 2.29. The van der Waals surface area contributed by atoms with Gasteiger partial charge in [-0.2, -0.15) is 0 Å². The fourth-order valence-corrected chi connectivity index (χ4v) is 3.20. The van der Waals surface area contributed by atoms with Crippen LogP contribution in [-0.4, -0.2) is 42.9 Å². The van der Waals surface area contributed by atoms with Gasteiger partial charge >= 0.3 is 5.97 Å². The van der Waals surface area contributed by atoms with Crippen molar-refractivity contribution in [3.63, 3.8) is 0 Å². The lowest BCUT2D eigenvalue weighted by Gasteiger charge is -2.17. The lowest BCUT2D eigenvalue weighted by molar-refractivity contribution is -0.143. The maximum Gasteiger partial charge on any atom is 0.310 e. The fraction of sp³-hybridized carbons (Fsp3) is 0.364. The fourth-order valence-electron chi connectivity index (χ4n) is 3.20. The molecule has 1 aliphatic heterocycles. The average Bonchev–Trinajstić information content (AvgIpc) is 2.82. The number of benzene rings is 2. The standard InChI is InChI=1S/C22H25NO4/c1-3-23(4-2)11-12-26-21(24)14-16-9-10-19-20(13-16)27-15-17-7-5-6-8-18(17)22(19)25/h5-10,13H,3-4,11-12,14-15H2,1-2H3. The molecule has 0 atom stereocenters. The average molecular weight is 367 g/mol. The number of esters is 1. The second-order valence-corrected chi connectivity index (χ2v) is 6.53. The molecule has 3 rings (SSSR count). The molecule has 1 heterocycles. The minimum absolute atomic E-state index is 0.0496. The normalized spacial score (nSPS) is 12.8. The van der Waals surface area contributed by atoms with Gasteiger partial charge in [0, 0.05) is 17.7 Å². The molecular weight excluding hydrogens is 342 g/mol. The monoisotopic (exact) mass is 367 g/mol. The van der Waals surface area contributed by atoms with Gasteiger partial charge in [0.1, 0.15) is 19.0 Å². The van der Waals surface area contributed by atoms with Crippen molar-refractivity contribution in [3.8, 4) is 5.75 Å². The van der Waals surface area contributed by atoms with Crippen LogP contribution in [-0.2, 0) is 22.6 Å². The summed E-state index contributed by atoms with van der Waals surface area (Å²) in [6.07, 6.45) is 0.163. The zero-order valence-corrected chi connectivity index (χ0v) is 15.9. The third-order valence-electron chi connectivity index (χ3n) is 4.85. The van der Waals surface area contributed by atoms with Gasteiger partial charge in [0.05, 0.1) is 12.0 Å². The predicted octanol–water partition coefficient (Wildman–Crippen LogP) is 3.24. The molecule has 2 aromatic carbocycles. The van der Waals surface area contributed by atoms with Crippen molar-refractivity contribution in [2.75, 3.05) is 26.2 Å². The lowest BCUT2D eigenvalue weighted by atomic mass is 9.98. The highest BCUT2D eigenvalue weighted by Gasteiger charge is 2.22. The van der Waals surface area contributed by atoms with Crippen molar-refractivity contribution >= 4 is 11.8 Å². The Morgan fingerprint density at radius 1 is 1.11 bits per heavy atom. The number of likely N-dealkylation sites (N-methyl/N-ethyl adjacent to an activating group) is 1. The first-order valence-corrected chi connectivity index (χ1v) is 9.38. The van der Waals surface area contributed by atoms with Gasteiger partial charge < -0.3 is 14.4 Å². The number of ketones is 1. The minimum atomic E-state index is -0.273. The second kappa shape index (κ2) is 8.82. The highest BCUT2D eigenvalue weighted by atomic mass is 16.5. The van der Waals surface area contributed by atoms with Gasteiger partial charge in [-0.25, -0.2) is 0 Å². The van der Waals surface area contributed by atoms with E-state index >= 15 is 0 Å². The van der Waals surface area contributed by atoms with Crippen molar-refractivity contribution in [1.29, 1.82) is 0 Å². The maximum atomic E-state index is 12.7. The first-order chi connectivity index (χ1) is 13.1. The van der Waals surface area contributed by atoms with Gasteiger partial charge in [0.15, 0.2) is 5.78 Å². The highest BCUT2D eigenvalue weighted by molar-refractivity contribution is 6.12. The van der Waals surface area contributed by atoms with E-state index in [-0.39, 0.29) is 18.2 Å². The number of nitrogens with zero attached hydrogens (tertiary/aromatic N) is 1. The Morgan fingerprint density at radius 3 is 2.67 bits per heavy atom. The van der Waals surface area contributed by atoms with E-state index in [2.05, 4.69) is 18.7 Å². The van der Waals surface area contributed by atoms with Crippen LogP contribution in [0.2, 0.25) is 0 Å². The maximum absolute atomic E-state index is 12.7. The molecule has 0 radical (unpaired) electrons. The molecule has 27 heavy (non-hydrogen) atoms. The molecule has 142 valence electrons. The van der Waals surface area contributed by atoms with E-state index in [0.29, 0.717) is 30.1 Å². The molecule has 0 unspecified atom stereocenters. The van der Waals surface area contributed by atoms with Crippen LogP contribution in [0.3, 0.4) is 0 Å². The first-order valence-electron chi connectivity index (χ1n) is 9.38. The number of hydrogen-bond donors (Lipinski definition) is 0. The Bertz CT molecular complexity index is 827. The topological polar surface area (TPSA) is 55.8 Å². The number of rotatable bonds is 7. The van der Waals surface area contributed by atoms with E-state index in [1.165, 1.54) is 0 Å². The molecule has 0 aliphatic carbocycles. The van der Waals surface area contributed by atoms with Gasteiger partial charge in [-0.15, -0.1) is 0 Å². The lowest BCUT2D eigenvalue weighted by Crippen LogP contribution is -2.28. The Morgan fingerprint density at radius 2 is 1.89 bits per heavy atom. The van der Waals surface area contributed by atoms with Crippen LogP contribution in [0, 0.1) is 0 Å². The van der Waals surface area contributed by atoms with E-state index in [1.807, 2.05) is 24.3 Å². The summed E-state index contributed by atoms with van der Waals surface area (Å²) in [4.78, 5) is 27.0. The minimum Gasteiger partial charge on any atom is -0.488 e. The molecule has 1 aliphatic rings. The molecule has 0 saturated heterocycles. The third-order valence-corrected chi connectivity index (χ3v) is 4.85.